The summed E-state index contributed by atoms with van der Waals surface area (Å²) in [6.45, 7) is 4.84. The molecule has 1 atom stereocenters. The van der Waals surface area contributed by atoms with E-state index in [-0.39, 0.29) is 39.7 Å². The fraction of sp³-hybridized carbons (Fsp3) is 0.214. The second kappa shape index (κ2) is 12.1. The van der Waals surface area contributed by atoms with Gasteiger partial charge >= 0.3 is 11.9 Å². The minimum absolute atomic E-state index is 0.0708. The number of carboxylic acids is 1. The number of benzene rings is 2. The van der Waals surface area contributed by atoms with Crippen LogP contribution in [0, 0.1) is 11.6 Å². The second-order valence-corrected chi connectivity index (χ2v) is 10.7. The van der Waals surface area contributed by atoms with Crippen molar-refractivity contribution in [1.29, 1.82) is 0 Å². The van der Waals surface area contributed by atoms with E-state index in [1.54, 1.807) is 20.8 Å². The molecule has 0 radical (unpaired) electrons. The number of halogens is 3. The van der Waals surface area contributed by atoms with Gasteiger partial charge in [0.05, 0.1) is 16.9 Å². The Labute approximate surface area is 247 Å². The maximum absolute atomic E-state index is 13.5. The van der Waals surface area contributed by atoms with Gasteiger partial charge < -0.3 is 26.2 Å². The van der Waals surface area contributed by atoms with Gasteiger partial charge in [-0.05, 0) is 56.2 Å². The largest absolute Gasteiger partial charge is 0.477 e. The van der Waals surface area contributed by atoms with Crippen LogP contribution in [0.5, 0.6) is 0 Å². The molecule has 0 saturated carbocycles. The van der Waals surface area contributed by atoms with Crippen molar-refractivity contribution in [2.75, 3.05) is 5.32 Å². The van der Waals surface area contributed by atoms with Crippen molar-refractivity contribution in [3.8, 4) is 0 Å². The summed E-state index contributed by atoms with van der Waals surface area (Å²) in [5.41, 5.74) is 4.52. The monoisotopic (exact) mass is 614 g/mol. The van der Waals surface area contributed by atoms with Gasteiger partial charge in [0.25, 0.3) is 11.8 Å². The van der Waals surface area contributed by atoms with Gasteiger partial charge in [-0.25, -0.2) is 27.9 Å². The van der Waals surface area contributed by atoms with Crippen LogP contribution in [0.4, 0.5) is 14.5 Å². The lowest BCUT2D eigenvalue weighted by Gasteiger charge is -2.22. The zero-order valence-corrected chi connectivity index (χ0v) is 23.7. The zero-order chi connectivity index (χ0) is 31.6. The van der Waals surface area contributed by atoms with Crippen molar-refractivity contribution in [1.82, 2.24) is 19.9 Å². The van der Waals surface area contributed by atoms with E-state index < -0.39 is 52.7 Å². The first-order valence-corrected chi connectivity index (χ1v) is 13.0. The van der Waals surface area contributed by atoms with Crippen LogP contribution >= 0.6 is 11.6 Å². The number of ether oxygens (including phenoxy) is 1. The third-order valence-corrected chi connectivity index (χ3v) is 6.19. The predicted octanol–water partition coefficient (Wildman–Crippen LogP) is 3.88. The van der Waals surface area contributed by atoms with Crippen LogP contribution in [0.3, 0.4) is 0 Å². The Bertz CT molecular complexity index is 1770. The van der Waals surface area contributed by atoms with Crippen LogP contribution in [0.2, 0.25) is 5.02 Å². The van der Waals surface area contributed by atoms with Gasteiger partial charge in [-0.2, -0.15) is 5.10 Å². The average molecular weight is 615 g/mol. The number of fused-ring (bicyclic) bond motifs is 1. The SMILES string of the molecule is CC(C)(C)OC(=O)C(N)c1ccc(Cl)c(NC(=O)c2cnn3c(C(=O)O)cc(C(=O)NCc4ccc(F)c(F)c4)nc23)c1. The Hall–Kier alpha value is -4.95. The van der Waals surface area contributed by atoms with Crippen LogP contribution in [0.15, 0.2) is 48.7 Å². The fourth-order valence-corrected chi connectivity index (χ4v) is 4.00. The minimum Gasteiger partial charge on any atom is -0.477 e. The van der Waals surface area contributed by atoms with Gasteiger partial charge in [0.15, 0.2) is 23.0 Å². The third-order valence-electron chi connectivity index (χ3n) is 5.86. The van der Waals surface area contributed by atoms with Crippen LogP contribution in [0.25, 0.3) is 5.65 Å². The molecule has 2 heterocycles. The first-order chi connectivity index (χ1) is 20.1. The summed E-state index contributed by atoms with van der Waals surface area (Å²) in [5, 5.41) is 18.7. The Morgan fingerprint density at radius 1 is 1.07 bits per heavy atom. The minimum atomic E-state index is -1.47. The first-order valence-electron chi connectivity index (χ1n) is 12.6. The summed E-state index contributed by atoms with van der Waals surface area (Å²) in [4.78, 5) is 54.6. The summed E-state index contributed by atoms with van der Waals surface area (Å²) >= 11 is 6.26. The van der Waals surface area contributed by atoms with Gasteiger partial charge in [-0.15, -0.1) is 0 Å². The van der Waals surface area contributed by atoms with Gasteiger partial charge in [0.1, 0.15) is 22.9 Å². The summed E-state index contributed by atoms with van der Waals surface area (Å²) in [5.74, 6) is -6.00. The number of nitrogens with two attached hydrogens (primary N) is 1. The maximum Gasteiger partial charge on any atom is 0.354 e. The lowest BCUT2D eigenvalue weighted by molar-refractivity contribution is -0.156. The van der Waals surface area contributed by atoms with E-state index in [0.717, 1.165) is 28.9 Å². The Balaban J connectivity index is 1.61. The molecule has 5 N–H and O–H groups in total. The van der Waals surface area contributed by atoms with Crippen molar-refractivity contribution >= 4 is 46.7 Å². The highest BCUT2D eigenvalue weighted by molar-refractivity contribution is 6.34. The Kier molecular flexibility index (Phi) is 8.73. The van der Waals surface area contributed by atoms with E-state index in [1.807, 2.05) is 0 Å². The van der Waals surface area contributed by atoms with Gasteiger partial charge in [-0.3, -0.25) is 9.59 Å². The molecule has 1 unspecified atom stereocenters. The standard InChI is InChI=1S/C28H25ClF2N6O6/c1-28(2,3)43-27(42)22(32)14-5-6-16(29)19(9-14)36-24(38)15-12-34-37-21(26(40)41)10-20(35-23(15)37)25(39)33-11-13-4-7-17(30)18(31)8-13/h4-10,12,22H,11,32H2,1-3H3,(H,33,39)(H,36,38)(H,40,41). The summed E-state index contributed by atoms with van der Waals surface area (Å²) in [6, 6.07) is 7.12. The highest BCUT2D eigenvalue weighted by Gasteiger charge is 2.26. The molecule has 224 valence electrons. The van der Waals surface area contributed by atoms with Crippen molar-refractivity contribution in [2.24, 2.45) is 5.73 Å². The molecule has 12 nitrogen and oxygen atoms in total. The molecule has 0 aliphatic carbocycles. The average Bonchev–Trinajstić information content (AvgIpc) is 3.37. The van der Waals surface area contributed by atoms with E-state index in [4.69, 9.17) is 22.1 Å². The Morgan fingerprint density at radius 3 is 2.44 bits per heavy atom. The maximum atomic E-state index is 13.5. The van der Waals surface area contributed by atoms with E-state index in [0.29, 0.717) is 5.56 Å². The van der Waals surface area contributed by atoms with Crippen LogP contribution < -0.4 is 16.4 Å². The normalized spacial score (nSPS) is 12.1. The molecule has 0 aliphatic heterocycles. The fourth-order valence-electron chi connectivity index (χ4n) is 3.84. The lowest BCUT2D eigenvalue weighted by atomic mass is 10.1. The molecule has 0 spiro atoms. The number of carbonyl (C=O) groups excluding carboxylic acids is 3. The molecule has 0 saturated heterocycles. The van der Waals surface area contributed by atoms with E-state index in [1.165, 1.54) is 24.3 Å². The molecule has 0 bridgehead atoms. The number of rotatable bonds is 8. The third kappa shape index (κ3) is 7.10. The molecule has 2 amide bonds. The number of carboxylic acid groups (broad SMARTS) is 1. The molecular weight excluding hydrogens is 590 g/mol. The number of aromatic nitrogens is 3. The predicted molar refractivity (Wildman–Crippen MR) is 150 cm³/mol. The van der Waals surface area contributed by atoms with Crippen molar-refractivity contribution < 1.29 is 37.8 Å². The summed E-state index contributed by atoms with van der Waals surface area (Å²) in [7, 11) is 0. The van der Waals surface area contributed by atoms with Gasteiger partial charge in [0.2, 0.25) is 0 Å². The number of hydrogen-bond acceptors (Lipinski definition) is 8. The number of amides is 2. The first kappa shape index (κ1) is 31.0. The number of nitrogens with one attached hydrogen (secondary N) is 2. The van der Waals surface area contributed by atoms with E-state index >= 15 is 0 Å². The van der Waals surface area contributed by atoms with Crippen LogP contribution in [-0.4, -0.2) is 49.1 Å². The zero-order valence-electron chi connectivity index (χ0n) is 22.9. The molecule has 4 rings (SSSR count). The molecule has 2 aromatic heterocycles. The summed E-state index contributed by atoms with van der Waals surface area (Å²) < 4.78 is 32.9. The molecule has 15 heteroatoms. The molecule has 2 aromatic carbocycles. The summed E-state index contributed by atoms with van der Waals surface area (Å²) in [6.07, 6.45) is 1.05. The van der Waals surface area contributed by atoms with Gasteiger partial charge in [0, 0.05) is 12.6 Å². The number of aromatic carboxylic acids is 1. The van der Waals surface area contributed by atoms with Crippen molar-refractivity contribution in [3.05, 3.63) is 93.4 Å². The molecular formula is C28H25ClF2N6O6. The highest BCUT2D eigenvalue weighted by atomic mass is 35.5. The number of anilines is 1. The second-order valence-electron chi connectivity index (χ2n) is 10.3. The number of carbonyl (C=O) groups is 4. The Morgan fingerprint density at radius 2 is 1.79 bits per heavy atom. The molecule has 0 fully saturated rings. The quantitative estimate of drug-likeness (QED) is 0.214. The number of esters is 1. The number of nitrogens with zero attached hydrogens (tertiary/aromatic N) is 3. The van der Waals surface area contributed by atoms with Crippen molar-refractivity contribution in [2.45, 2.75) is 39.0 Å². The molecule has 4 aromatic rings. The van der Waals surface area contributed by atoms with E-state index in [2.05, 4.69) is 20.7 Å². The van der Waals surface area contributed by atoms with Gasteiger partial charge in [-0.1, -0.05) is 23.7 Å². The smallest absolute Gasteiger partial charge is 0.354 e. The van der Waals surface area contributed by atoms with Crippen molar-refractivity contribution in [3.63, 3.8) is 0 Å². The molecule has 43 heavy (non-hydrogen) atoms. The number of hydrogen-bond donors (Lipinski definition) is 4. The van der Waals surface area contributed by atoms with E-state index in [9.17, 15) is 33.1 Å². The highest BCUT2D eigenvalue weighted by Crippen LogP contribution is 2.27. The van der Waals surface area contributed by atoms with Crippen LogP contribution in [-0.2, 0) is 16.1 Å². The van der Waals surface area contributed by atoms with Crippen LogP contribution in [0.1, 0.15) is 69.3 Å². The topological polar surface area (TPSA) is 178 Å². The molecule has 0 aliphatic rings. The lowest BCUT2D eigenvalue weighted by Crippen LogP contribution is -2.31.